The molecule has 0 amide bonds. The summed E-state index contributed by atoms with van der Waals surface area (Å²) in [7, 11) is 0. The molecule has 6 heterocycles. The predicted octanol–water partition coefficient (Wildman–Crippen LogP) is 2.77. The molecule has 4 fully saturated rings. The molecule has 4 saturated heterocycles. The average Bonchev–Trinajstić information content (AvgIpc) is 3.42. The van der Waals surface area contributed by atoms with Crippen molar-refractivity contribution in [1.29, 1.82) is 0 Å². The van der Waals surface area contributed by atoms with E-state index in [1.165, 1.54) is 31.5 Å². The van der Waals surface area contributed by atoms with Gasteiger partial charge >= 0.3 is 0 Å². The zero-order valence-corrected chi connectivity index (χ0v) is 15.6. The van der Waals surface area contributed by atoms with Crippen molar-refractivity contribution in [3.63, 3.8) is 0 Å². The Morgan fingerprint density at radius 2 is 1.96 bits per heavy atom. The van der Waals surface area contributed by atoms with Crippen LogP contribution in [0, 0.1) is 12.8 Å². The minimum Gasteiger partial charge on any atom is -0.454 e. The molecule has 2 bridgehead atoms. The van der Waals surface area contributed by atoms with Gasteiger partial charge in [0, 0.05) is 38.0 Å². The van der Waals surface area contributed by atoms with Crippen LogP contribution in [0.3, 0.4) is 0 Å². The Balaban J connectivity index is 1.34. The smallest absolute Gasteiger partial charge is 0.231 e. The van der Waals surface area contributed by atoms with Crippen molar-refractivity contribution < 1.29 is 13.9 Å². The van der Waals surface area contributed by atoms with Gasteiger partial charge in [0.2, 0.25) is 6.79 Å². The summed E-state index contributed by atoms with van der Waals surface area (Å²) in [5, 5.41) is 0. The van der Waals surface area contributed by atoms with E-state index >= 15 is 0 Å². The lowest BCUT2D eigenvalue weighted by Crippen LogP contribution is -2.60. The van der Waals surface area contributed by atoms with E-state index in [2.05, 4.69) is 33.0 Å². The van der Waals surface area contributed by atoms with Crippen molar-refractivity contribution in [2.75, 3.05) is 26.4 Å². The highest BCUT2D eigenvalue weighted by Gasteiger charge is 2.53. The SMILES string of the molecule is Cc1nc(CN2C[C@H](c3ccc4c(c3)OCO4)[C@@H]3[C@H]2C2CCN3CC2)co1. The van der Waals surface area contributed by atoms with E-state index < -0.39 is 0 Å². The monoisotopic (exact) mass is 367 g/mol. The van der Waals surface area contributed by atoms with Crippen molar-refractivity contribution in [3.05, 3.63) is 41.6 Å². The maximum atomic E-state index is 5.65. The Morgan fingerprint density at radius 1 is 1.11 bits per heavy atom. The zero-order valence-electron chi connectivity index (χ0n) is 15.6. The molecule has 0 N–H and O–H groups in total. The number of nitrogens with zero attached hydrogens (tertiary/aromatic N) is 3. The number of aryl methyl sites for hydroxylation is 1. The molecular formula is C21H25N3O3. The first-order chi connectivity index (χ1) is 13.3. The van der Waals surface area contributed by atoms with Gasteiger partial charge in [-0.15, -0.1) is 0 Å². The Hall–Kier alpha value is -2.05. The fourth-order valence-corrected chi connectivity index (χ4v) is 5.85. The Bertz CT molecular complexity index is 858. The van der Waals surface area contributed by atoms with E-state index in [0.29, 0.717) is 24.8 Å². The summed E-state index contributed by atoms with van der Waals surface area (Å²) in [5.41, 5.74) is 2.43. The summed E-state index contributed by atoms with van der Waals surface area (Å²) in [5.74, 6) is 3.81. The highest BCUT2D eigenvalue weighted by molar-refractivity contribution is 5.46. The fourth-order valence-electron chi connectivity index (χ4n) is 5.85. The quantitative estimate of drug-likeness (QED) is 0.832. The third-order valence-corrected chi connectivity index (χ3v) is 6.95. The van der Waals surface area contributed by atoms with Crippen LogP contribution in [0.1, 0.15) is 35.9 Å². The van der Waals surface area contributed by atoms with Crippen LogP contribution in [0.25, 0.3) is 0 Å². The summed E-state index contributed by atoms with van der Waals surface area (Å²) in [4.78, 5) is 9.95. The minimum atomic E-state index is 0.335. The molecule has 2 aromatic rings. The Labute approximate surface area is 159 Å². The van der Waals surface area contributed by atoms with Crippen molar-refractivity contribution >= 4 is 0 Å². The van der Waals surface area contributed by atoms with Crippen LogP contribution in [-0.4, -0.2) is 53.3 Å². The molecule has 7 rings (SSSR count). The summed E-state index contributed by atoms with van der Waals surface area (Å²) in [6.07, 6.45) is 4.46. The number of benzene rings is 1. The molecule has 6 nitrogen and oxygen atoms in total. The molecule has 0 unspecified atom stereocenters. The van der Waals surface area contributed by atoms with Gasteiger partial charge in [0.05, 0.1) is 5.69 Å². The first kappa shape index (κ1) is 16.0. The molecule has 142 valence electrons. The van der Waals surface area contributed by atoms with Gasteiger partial charge in [-0.05, 0) is 49.5 Å². The van der Waals surface area contributed by atoms with Gasteiger partial charge in [0.15, 0.2) is 17.4 Å². The maximum absolute atomic E-state index is 5.65. The first-order valence-electron chi connectivity index (χ1n) is 10.0. The molecule has 0 saturated carbocycles. The van der Waals surface area contributed by atoms with Gasteiger partial charge in [-0.3, -0.25) is 9.80 Å². The van der Waals surface area contributed by atoms with Gasteiger partial charge in [-0.2, -0.15) is 0 Å². The van der Waals surface area contributed by atoms with E-state index in [1.807, 2.05) is 13.2 Å². The van der Waals surface area contributed by atoms with Crippen LogP contribution in [0.5, 0.6) is 11.5 Å². The number of likely N-dealkylation sites (tertiary alicyclic amines) is 1. The van der Waals surface area contributed by atoms with E-state index in [0.717, 1.165) is 42.1 Å². The molecule has 0 spiro atoms. The van der Waals surface area contributed by atoms with E-state index in [9.17, 15) is 0 Å². The zero-order chi connectivity index (χ0) is 18.0. The minimum absolute atomic E-state index is 0.335. The summed E-state index contributed by atoms with van der Waals surface area (Å²) in [6, 6.07) is 7.72. The predicted molar refractivity (Wildman–Crippen MR) is 98.8 cm³/mol. The van der Waals surface area contributed by atoms with Crippen molar-refractivity contribution in [3.8, 4) is 11.5 Å². The summed E-state index contributed by atoms with van der Waals surface area (Å²) in [6.45, 7) is 6.67. The second-order valence-electron chi connectivity index (χ2n) is 8.36. The summed E-state index contributed by atoms with van der Waals surface area (Å²) >= 11 is 0. The molecule has 5 aliphatic rings. The van der Waals surface area contributed by atoms with Gasteiger partial charge in [-0.1, -0.05) is 6.07 Å². The molecular weight excluding hydrogens is 342 g/mol. The largest absolute Gasteiger partial charge is 0.454 e. The molecule has 0 radical (unpaired) electrons. The van der Waals surface area contributed by atoms with E-state index in [-0.39, 0.29) is 0 Å². The van der Waals surface area contributed by atoms with Gasteiger partial charge in [0.1, 0.15) is 6.26 Å². The fraction of sp³-hybridized carbons (Fsp3) is 0.571. The highest BCUT2D eigenvalue weighted by Crippen LogP contribution is 2.48. The molecule has 1 aromatic carbocycles. The maximum Gasteiger partial charge on any atom is 0.231 e. The van der Waals surface area contributed by atoms with Gasteiger partial charge in [-0.25, -0.2) is 4.98 Å². The number of hydrogen-bond donors (Lipinski definition) is 0. The summed E-state index contributed by atoms with van der Waals surface area (Å²) < 4.78 is 16.6. The highest BCUT2D eigenvalue weighted by atomic mass is 16.7. The van der Waals surface area contributed by atoms with Crippen molar-refractivity contribution in [1.82, 2.24) is 14.8 Å². The van der Waals surface area contributed by atoms with E-state index in [1.54, 1.807) is 0 Å². The van der Waals surface area contributed by atoms with E-state index in [4.69, 9.17) is 13.9 Å². The Morgan fingerprint density at radius 3 is 2.78 bits per heavy atom. The standard InChI is InChI=1S/C21H25N3O3/c1-13-22-16(11-25-13)9-24-10-17(15-2-3-18-19(8-15)27-12-26-18)21-20(24)14-4-6-23(21)7-5-14/h2-3,8,11,14,17,20-21H,4-7,9-10,12H2,1H3/t17-,20-,21-/m1/s1. The van der Waals surface area contributed by atoms with Crippen LogP contribution in [0.15, 0.2) is 28.9 Å². The van der Waals surface area contributed by atoms with Gasteiger partial charge < -0.3 is 13.9 Å². The lowest BCUT2D eigenvalue weighted by molar-refractivity contribution is -0.00899. The normalized spacial score (nSPS) is 34.2. The second-order valence-corrected chi connectivity index (χ2v) is 8.36. The van der Waals surface area contributed by atoms with Gasteiger partial charge in [0.25, 0.3) is 0 Å². The topological polar surface area (TPSA) is 51.0 Å². The molecule has 6 heteroatoms. The number of rotatable bonds is 3. The average molecular weight is 367 g/mol. The number of fused-ring (bicyclic) bond motifs is 3. The third kappa shape index (κ3) is 2.50. The van der Waals surface area contributed by atoms with Crippen LogP contribution in [-0.2, 0) is 6.54 Å². The number of hydrogen-bond acceptors (Lipinski definition) is 6. The van der Waals surface area contributed by atoms with Crippen LogP contribution < -0.4 is 9.47 Å². The van der Waals surface area contributed by atoms with Crippen LogP contribution >= 0.6 is 0 Å². The Kier molecular flexibility index (Phi) is 3.53. The lowest BCUT2D eigenvalue weighted by Gasteiger charge is -2.51. The molecule has 3 atom stereocenters. The number of oxazole rings is 1. The van der Waals surface area contributed by atoms with Crippen molar-refractivity contribution in [2.24, 2.45) is 5.92 Å². The number of aromatic nitrogens is 1. The lowest BCUT2D eigenvalue weighted by atomic mass is 9.75. The first-order valence-corrected chi connectivity index (χ1v) is 10.0. The molecule has 0 aliphatic carbocycles. The van der Waals surface area contributed by atoms with Crippen molar-refractivity contribution in [2.45, 2.75) is 44.3 Å². The second kappa shape index (κ2) is 5.97. The van der Waals surface area contributed by atoms with Crippen LogP contribution in [0.2, 0.25) is 0 Å². The molecule has 1 aromatic heterocycles. The number of ether oxygens (including phenoxy) is 2. The number of piperidine rings is 3. The molecule has 27 heavy (non-hydrogen) atoms. The molecule has 5 aliphatic heterocycles. The third-order valence-electron chi connectivity index (χ3n) is 6.95. The van der Waals surface area contributed by atoms with Crippen LogP contribution in [0.4, 0.5) is 0 Å².